The first-order valence-corrected chi connectivity index (χ1v) is 7.09. The second kappa shape index (κ2) is 6.11. The van der Waals surface area contributed by atoms with E-state index in [0.29, 0.717) is 11.8 Å². The normalized spacial score (nSPS) is 13.1. The van der Waals surface area contributed by atoms with Gasteiger partial charge in [0.2, 0.25) is 0 Å². The van der Waals surface area contributed by atoms with E-state index < -0.39 is 0 Å². The smallest absolute Gasteiger partial charge is 0.0628 e. The van der Waals surface area contributed by atoms with E-state index in [4.69, 9.17) is 0 Å². The highest BCUT2D eigenvalue weighted by Gasteiger charge is 2.14. The minimum absolute atomic E-state index is 0.637. The quantitative estimate of drug-likeness (QED) is 0.744. The standard InChI is InChI=1S/C16H25N3/c1-11(2)13(9-17-4)10-18-16-12(3)19-15-8-6-5-7-14(15)16/h5-8,11,13,17-19H,9-10H2,1-4H3. The topological polar surface area (TPSA) is 39.8 Å². The molecular weight excluding hydrogens is 234 g/mol. The molecule has 0 aliphatic carbocycles. The molecule has 3 nitrogen and oxygen atoms in total. The summed E-state index contributed by atoms with van der Waals surface area (Å²) in [6.45, 7) is 8.75. The van der Waals surface area contributed by atoms with Crippen LogP contribution in [0.4, 0.5) is 5.69 Å². The fourth-order valence-corrected chi connectivity index (χ4v) is 2.54. The van der Waals surface area contributed by atoms with Crippen LogP contribution in [0.15, 0.2) is 24.3 Å². The second-order valence-electron chi connectivity index (χ2n) is 5.61. The van der Waals surface area contributed by atoms with Gasteiger partial charge in [0, 0.05) is 23.1 Å². The number of para-hydroxylation sites is 1. The molecule has 0 saturated heterocycles. The number of rotatable bonds is 6. The highest BCUT2D eigenvalue weighted by atomic mass is 14.9. The molecule has 1 atom stereocenters. The van der Waals surface area contributed by atoms with Gasteiger partial charge in [-0.25, -0.2) is 0 Å². The van der Waals surface area contributed by atoms with Crippen LogP contribution in [0.25, 0.3) is 10.9 Å². The molecule has 2 aromatic rings. The zero-order valence-corrected chi connectivity index (χ0v) is 12.4. The Kier molecular flexibility index (Phi) is 4.48. The van der Waals surface area contributed by atoms with Gasteiger partial charge in [-0.2, -0.15) is 0 Å². The van der Waals surface area contributed by atoms with Crippen molar-refractivity contribution in [3.63, 3.8) is 0 Å². The lowest BCUT2D eigenvalue weighted by Gasteiger charge is -2.21. The number of aromatic amines is 1. The molecule has 3 heteroatoms. The highest BCUT2D eigenvalue weighted by Crippen LogP contribution is 2.27. The van der Waals surface area contributed by atoms with Crippen LogP contribution in [-0.2, 0) is 0 Å². The number of aromatic nitrogens is 1. The predicted octanol–water partition coefficient (Wildman–Crippen LogP) is 3.38. The van der Waals surface area contributed by atoms with Crippen LogP contribution in [0.1, 0.15) is 19.5 Å². The van der Waals surface area contributed by atoms with Crippen LogP contribution < -0.4 is 10.6 Å². The van der Waals surface area contributed by atoms with Crippen LogP contribution in [0.5, 0.6) is 0 Å². The molecular formula is C16H25N3. The average Bonchev–Trinajstić information content (AvgIpc) is 2.70. The largest absolute Gasteiger partial charge is 0.383 e. The molecule has 0 aliphatic heterocycles. The molecule has 0 fully saturated rings. The number of aryl methyl sites for hydroxylation is 1. The van der Waals surface area contributed by atoms with Crippen molar-refractivity contribution in [2.75, 3.05) is 25.5 Å². The van der Waals surface area contributed by atoms with Crippen molar-refractivity contribution in [2.45, 2.75) is 20.8 Å². The van der Waals surface area contributed by atoms with Crippen molar-refractivity contribution in [3.8, 4) is 0 Å². The number of hydrogen-bond donors (Lipinski definition) is 3. The third-order valence-corrected chi connectivity index (χ3v) is 3.84. The van der Waals surface area contributed by atoms with Crippen LogP contribution in [0, 0.1) is 18.8 Å². The van der Waals surface area contributed by atoms with Crippen LogP contribution >= 0.6 is 0 Å². The lowest BCUT2D eigenvalue weighted by Crippen LogP contribution is -2.29. The fraction of sp³-hybridized carbons (Fsp3) is 0.500. The van der Waals surface area contributed by atoms with Crippen molar-refractivity contribution in [1.82, 2.24) is 10.3 Å². The van der Waals surface area contributed by atoms with Gasteiger partial charge in [0.15, 0.2) is 0 Å². The second-order valence-corrected chi connectivity index (χ2v) is 5.61. The van der Waals surface area contributed by atoms with Gasteiger partial charge < -0.3 is 15.6 Å². The van der Waals surface area contributed by atoms with Crippen LogP contribution in [-0.4, -0.2) is 25.1 Å². The number of benzene rings is 1. The zero-order valence-electron chi connectivity index (χ0n) is 12.4. The van der Waals surface area contributed by atoms with Crippen LogP contribution in [0.3, 0.4) is 0 Å². The molecule has 0 amide bonds. The molecule has 1 unspecified atom stereocenters. The lowest BCUT2D eigenvalue weighted by molar-refractivity contribution is 0.390. The molecule has 104 valence electrons. The van der Waals surface area contributed by atoms with Gasteiger partial charge in [0.05, 0.1) is 5.69 Å². The first-order valence-electron chi connectivity index (χ1n) is 7.09. The van der Waals surface area contributed by atoms with Gasteiger partial charge in [-0.15, -0.1) is 0 Å². The lowest BCUT2D eigenvalue weighted by atomic mass is 9.95. The first kappa shape index (κ1) is 13.9. The maximum Gasteiger partial charge on any atom is 0.0628 e. The summed E-state index contributed by atoms with van der Waals surface area (Å²) in [5.74, 6) is 1.31. The Morgan fingerprint density at radius 3 is 2.58 bits per heavy atom. The minimum Gasteiger partial charge on any atom is -0.383 e. The average molecular weight is 259 g/mol. The van der Waals surface area contributed by atoms with Gasteiger partial charge in [-0.1, -0.05) is 32.0 Å². The minimum atomic E-state index is 0.637. The molecule has 1 heterocycles. The number of anilines is 1. The Balaban J connectivity index is 2.14. The Morgan fingerprint density at radius 1 is 1.16 bits per heavy atom. The number of fused-ring (bicyclic) bond motifs is 1. The molecule has 1 aromatic heterocycles. The SMILES string of the molecule is CNCC(CNc1c(C)[nH]c2ccccc12)C(C)C. The monoisotopic (exact) mass is 259 g/mol. The summed E-state index contributed by atoms with van der Waals surface area (Å²) in [7, 11) is 2.02. The van der Waals surface area contributed by atoms with E-state index in [1.807, 2.05) is 7.05 Å². The Bertz CT molecular complexity index is 528. The summed E-state index contributed by atoms with van der Waals surface area (Å²) >= 11 is 0. The molecule has 19 heavy (non-hydrogen) atoms. The number of nitrogens with one attached hydrogen (secondary N) is 3. The third kappa shape index (κ3) is 3.10. The van der Waals surface area contributed by atoms with Gasteiger partial charge in [0.25, 0.3) is 0 Å². The Morgan fingerprint density at radius 2 is 1.89 bits per heavy atom. The van der Waals surface area contributed by atoms with Gasteiger partial charge in [-0.05, 0) is 38.4 Å². The van der Waals surface area contributed by atoms with Crippen molar-refractivity contribution in [3.05, 3.63) is 30.0 Å². The van der Waals surface area contributed by atoms with Crippen molar-refractivity contribution < 1.29 is 0 Å². The maximum absolute atomic E-state index is 3.63. The zero-order chi connectivity index (χ0) is 13.8. The van der Waals surface area contributed by atoms with E-state index in [2.05, 4.69) is 60.7 Å². The Labute approximate surface area is 115 Å². The molecule has 0 bridgehead atoms. The summed E-state index contributed by atoms with van der Waals surface area (Å²) in [5, 5.41) is 8.20. The van der Waals surface area contributed by atoms with E-state index in [1.54, 1.807) is 0 Å². The first-order chi connectivity index (χ1) is 9.13. The summed E-state index contributed by atoms with van der Waals surface area (Å²) < 4.78 is 0. The predicted molar refractivity (Wildman–Crippen MR) is 83.8 cm³/mol. The molecule has 0 aliphatic rings. The van der Waals surface area contributed by atoms with Crippen molar-refractivity contribution in [2.24, 2.45) is 11.8 Å². The van der Waals surface area contributed by atoms with Crippen LogP contribution in [0.2, 0.25) is 0 Å². The van der Waals surface area contributed by atoms with E-state index in [9.17, 15) is 0 Å². The molecule has 0 saturated carbocycles. The summed E-state index contributed by atoms with van der Waals surface area (Å²) in [5.41, 5.74) is 3.67. The van der Waals surface area contributed by atoms with Gasteiger partial charge in [-0.3, -0.25) is 0 Å². The molecule has 2 rings (SSSR count). The van der Waals surface area contributed by atoms with E-state index in [1.165, 1.54) is 22.3 Å². The summed E-state index contributed by atoms with van der Waals surface area (Å²) in [6, 6.07) is 8.46. The van der Waals surface area contributed by atoms with E-state index >= 15 is 0 Å². The number of H-pyrrole nitrogens is 1. The number of hydrogen-bond acceptors (Lipinski definition) is 2. The molecule has 0 spiro atoms. The maximum atomic E-state index is 3.63. The van der Waals surface area contributed by atoms with Gasteiger partial charge >= 0.3 is 0 Å². The Hall–Kier alpha value is -1.48. The van der Waals surface area contributed by atoms with Crippen molar-refractivity contribution in [1.29, 1.82) is 0 Å². The molecule has 3 N–H and O–H groups in total. The summed E-state index contributed by atoms with van der Waals surface area (Å²) in [6.07, 6.45) is 0. The fourth-order valence-electron chi connectivity index (χ4n) is 2.54. The molecule has 1 aromatic carbocycles. The van der Waals surface area contributed by atoms with E-state index in [0.717, 1.165) is 13.1 Å². The highest BCUT2D eigenvalue weighted by molar-refractivity contribution is 5.94. The molecule has 0 radical (unpaired) electrons. The van der Waals surface area contributed by atoms with E-state index in [-0.39, 0.29) is 0 Å². The van der Waals surface area contributed by atoms with Gasteiger partial charge in [0.1, 0.15) is 0 Å². The summed E-state index contributed by atoms with van der Waals surface area (Å²) in [4.78, 5) is 3.43. The third-order valence-electron chi connectivity index (χ3n) is 3.84. The van der Waals surface area contributed by atoms with Crippen molar-refractivity contribution >= 4 is 16.6 Å².